The van der Waals surface area contributed by atoms with Crippen LogP contribution >= 0.6 is 23.8 Å². The van der Waals surface area contributed by atoms with Crippen LogP contribution in [0.25, 0.3) is 5.69 Å². The zero-order chi connectivity index (χ0) is 23.8. The minimum atomic E-state index is -0.132. The number of nitrogens with zero attached hydrogens (tertiary/aromatic N) is 3. The van der Waals surface area contributed by atoms with E-state index in [0.717, 1.165) is 39.8 Å². The second kappa shape index (κ2) is 9.12. The Morgan fingerprint density at radius 1 is 1.00 bits per heavy atom. The van der Waals surface area contributed by atoms with Crippen molar-refractivity contribution in [2.45, 2.75) is 25.9 Å². The molecule has 34 heavy (non-hydrogen) atoms. The molecule has 0 spiro atoms. The average molecular weight is 489 g/mol. The minimum Gasteiger partial charge on any atom is -0.495 e. The van der Waals surface area contributed by atoms with Crippen molar-refractivity contribution in [1.82, 2.24) is 14.9 Å². The molecule has 4 aromatic rings. The molecule has 1 N–H and O–H groups in total. The Hall–Kier alpha value is -3.35. The average Bonchev–Trinajstić information content (AvgIpc) is 3.34. The number of para-hydroxylation sites is 2. The molecule has 0 aliphatic carbocycles. The van der Waals surface area contributed by atoms with Gasteiger partial charge in [-0.05, 0) is 80.2 Å². The monoisotopic (exact) mass is 488 g/mol. The Labute approximate surface area is 210 Å². The molecule has 7 heteroatoms. The van der Waals surface area contributed by atoms with E-state index in [2.05, 4.69) is 45.7 Å². The summed E-state index contributed by atoms with van der Waals surface area (Å²) in [5.41, 5.74) is 6.27. The number of hydrogen-bond acceptors (Lipinski definition) is 3. The number of thiocarbonyl (C=S) groups is 1. The van der Waals surface area contributed by atoms with Crippen molar-refractivity contribution < 1.29 is 4.74 Å². The summed E-state index contributed by atoms with van der Waals surface area (Å²) < 4.78 is 7.94. The molecule has 1 fully saturated rings. The van der Waals surface area contributed by atoms with Crippen LogP contribution in [-0.2, 0) is 0 Å². The van der Waals surface area contributed by atoms with Gasteiger partial charge in [-0.15, -0.1) is 0 Å². The number of aromatic nitrogens is 2. The quantitative estimate of drug-likeness (QED) is 0.332. The third kappa shape index (κ3) is 3.83. The number of methoxy groups -OCH3 is 1. The van der Waals surface area contributed by atoms with Crippen LogP contribution in [-0.4, -0.2) is 21.8 Å². The van der Waals surface area contributed by atoms with Crippen molar-refractivity contribution in [3.8, 4) is 11.4 Å². The van der Waals surface area contributed by atoms with E-state index < -0.39 is 0 Å². The standard InChI is InChI=1S/C27H25ClN4OS/c1-17-15-21(18(2)31(17)20-10-8-9-19(28)16-20)26-25(22-11-6-7-14-29-22)30-27(34)32(26)23-12-4-5-13-24(23)33-3/h4-16,25-26H,1-3H3,(H,30,34)/t25-,26+/m1/s1. The normalized spacial score (nSPS) is 17.6. The van der Waals surface area contributed by atoms with Crippen LogP contribution in [0.5, 0.6) is 5.75 Å². The lowest BCUT2D eigenvalue weighted by Crippen LogP contribution is -2.30. The predicted molar refractivity (Wildman–Crippen MR) is 141 cm³/mol. The molecule has 0 bridgehead atoms. The molecule has 2 aromatic heterocycles. The molecule has 3 heterocycles. The maximum Gasteiger partial charge on any atom is 0.174 e. The van der Waals surface area contributed by atoms with Crippen molar-refractivity contribution >= 4 is 34.6 Å². The van der Waals surface area contributed by atoms with Gasteiger partial charge in [0, 0.05) is 28.3 Å². The van der Waals surface area contributed by atoms with E-state index in [0.29, 0.717) is 10.1 Å². The van der Waals surface area contributed by atoms with Crippen molar-refractivity contribution in [3.63, 3.8) is 0 Å². The lowest BCUT2D eigenvalue weighted by atomic mass is 9.96. The highest BCUT2D eigenvalue weighted by Crippen LogP contribution is 2.46. The summed E-state index contributed by atoms with van der Waals surface area (Å²) in [5, 5.41) is 4.87. The van der Waals surface area contributed by atoms with Crippen LogP contribution in [0.15, 0.2) is 79.0 Å². The van der Waals surface area contributed by atoms with E-state index in [1.807, 2.05) is 66.9 Å². The van der Waals surface area contributed by atoms with Crippen molar-refractivity contribution in [3.05, 3.63) is 107 Å². The number of rotatable bonds is 5. The van der Waals surface area contributed by atoms with Crippen LogP contribution in [0.4, 0.5) is 5.69 Å². The zero-order valence-electron chi connectivity index (χ0n) is 19.2. The van der Waals surface area contributed by atoms with Crippen LogP contribution < -0.4 is 15.0 Å². The third-order valence-corrected chi connectivity index (χ3v) is 6.85. The van der Waals surface area contributed by atoms with Gasteiger partial charge in [-0.2, -0.15) is 0 Å². The molecule has 172 valence electrons. The van der Waals surface area contributed by atoms with Gasteiger partial charge in [0.15, 0.2) is 5.11 Å². The maximum atomic E-state index is 6.32. The summed E-state index contributed by atoms with van der Waals surface area (Å²) in [5.74, 6) is 0.766. The number of benzene rings is 2. The molecule has 5 rings (SSSR count). The fourth-order valence-corrected chi connectivity index (χ4v) is 5.38. The van der Waals surface area contributed by atoms with Gasteiger partial charge < -0.3 is 19.5 Å². The Morgan fingerprint density at radius 3 is 2.53 bits per heavy atom. The topological polar surface area (TPSA) is 42.3 Å². The van der Waals surface area contributed by atoms with Gasteiger partial charge in [-0.3, -0.25) is 4.98 Å². The van der Waals surface area contributed by atoms with Crippen LogP contribution in [0.1, 0.15) is 34.7 Å². The molecule has 2 aromatic carbocycles. The van der Waals surface area contributed by atoms with E-state index in [1.165, 1.54) is 0 Å². The fourth-order valence-electron chi connectivity index (χ4n) is 4.86. The maximum absolute atomic E-state index is 6.32. The highest BCUT2D eigenvalue weighted by atomic mass is 35.5. The predicted octanol–water partition coefficient (Wildman–Crippen LogP) is 6.33. The molecule has 1 aliphatic rings. The number of pyridine rings is 1. The SMILES string of the molecule is COc1ccccc1N1C(=S)N[C@H](c2ccccn2)[C@@H]1c1cc(C)n(-c2cccc(Cl)c2)c1C. The van der Waals surface area contributed by atoms with E-state index in [1.54, 1.807) is 7.11 Å². The Balaban J connectivity index is 1.71. The fraction of sp³-hybridized carbons (Fsp3) is 0.185. The number of hydrogen-bond donors (Lipinski definition) is 1. The number of anilines is 1. The molecule has 1 aliphatic heterocycles. The van der Waals surface area contributed by atoms with Crippen LogP contribution in [0.2, 0.25) is 5.02 Å². The summed E-state index contributed by atoms with van der Waals surface area (Å²) >= 11 is 12.2. The van der Waals surface area contributed by atoms with Crippen LogP contribution in [0.3, 0.4) is 0 Å². The molecular formula is C27H25ClN4OS. The molecule has 0 saturated carbocycles. The Bertz CT molecular complexity index is 1350. The largest absolute Gasteiger partial charge is 0.495 e. The molecule has 0 amide bonds. The number of aryl methyl sites for hydroxylation is 1. The molecule has 5 nitrogen and oxygen atoms in total. The van der Waals surface area contributed by atoms with E-state index in [-0.39, 0.29) is 12.1 Å². The minimum absolute atomic E-state index is 0.127. The van der Waals surface area contributed by atoms with Gasteiger partial charge in [0.1, 0.15) is 5.75 Å². The Morgan fingerprint density at radius 2 is 1.79 bits per heavy atom. The molecule has 1 saturated heterocycles. The molecule has 2 atom stereocenters. The van der Waals surface area contributed by atoms with Gasteiger partial charge in [0.2, 0.25) is 0 Å². The van der Waals surface area contributed by atoms with Gasteiger partial charge in [0.05, 0.1) is 30.6 Å². The molecule has 0 unspecified atom stereocenters. The first-order chi connectivity index (χ1) is 16.5. The molecular weight excluding hydrogens is 464 g/mol. The zero-order valence-corrected chi connectivity index (χ0v) is 20.8. The highest BCUT2D eigenvalue weighted by Gasteiger charge is 2.43. The first-order valence-corrected chi connectivity index (χ1v) is 11.9. The lowest BCUT2D eigenvalue weighted by molar-refractivity contribution is 0.414. The van der Waals surface area contributed by atoms with E-state index in [9.17, 15) is 0 Å². The highest BCUT2D eigenvalue weighted by molar-refractivity contribution is 7.80. The Kier molecular flexibility index (Phi) is 6.02. The number of ether oxygens (including phenoxy) is 1. The second-order valence-corrected chi connectivity index (χ2v) is 9.13. The second-order valence-electron chi connectivity index (χ2n) is 8.31. The summed E-state index contributed by atoms with van der Waals surface area (Å²) in [7, 11) is 1.68. The summed E-state index contributed by atoms with van der Waals surface area (Å²) in [4.78, 5) is 6.82. The van der Waals surface area contributed by atoms with Crippen LogP contribution in [0, 0.1) is 13.8 Å². The lowest BCUT2D eigenvalue weighted by Gasteiger charge is -2.29. The summed E-state index contributed by atoms with van der Waals surface area (Å²) in [6, 6.07) is 23.8. The van der Waals surface area contributed by atoms with Crippen molar-refractivity contribution in [2.75, 3.05) is 12.0 Å². The van der Waals surface area contributed by atoms with Gasteiger partial charge in [0.25, 0.3) is 0 Å². The van der Waals surface area contributed by atoms with Gasteiger partial charge in [-0.25, -0.2) is 0 Å². The van der Waals surface area contributed by atoms with Gasteiger partial charge >= 0.3 is 0 Å². The first kappa shape index (κ1) is 22.4. The van der Waals surface area contributed by atoms with Gasteiger partial charge in [-0.1, -0.05) is 35.9 Å². The third-order valence-electron chi connectivity index (χ3n) is 6.30. The van der Waals surface area contributed by atoms with E-state index >= 15 is 0 Å². The smallest absolute Gasteiger partial charge is 0.174 e. The molecule has 0 radical (unpaired) electrons. The van der Waals surface area contributed by atoms with Crippen molar-refractivity contribution in [1.29, 1.82) is 0 Å². The number of nitrogens with one attached hydrogen (secondary N) is 1. The van der Waals surface area contributed by atoms with Crippen molar-refractivity contribution in [2.24, 2.45) is 0 Å². The summed E-state index contributed by atoms with van der Waals surface area (Å²) in [6.07, 6.45) is 1.82. The first-order valence-electron chi connectivity index (χ1n) is 11.1. The van der Waals surface area contributed by atoms with E-state index in [4.69, 9.17) is 28.6 Å². The number of halogens is 1. The summed E-state index contributed by atoms with van der Waals surface area (Å²) in [6.45, 7) is 4.25.